The van der Waals surface area contributed by atoms with E-state index < -0.39 is 12.0 Å². The zero-order valence-corrected chi connectivity index (χ0v) is 21.9. The maximum Gasteiger partial charge on any atom is 0.328 e. The Labute approximate surface area is 218 Å². The number of esters is 1. The van der Waals surface area contributed by atoms with E-state index in [2.05, 4.69) is 12.2 Å². The molecule has 0 aliphatic carbocycles. The first-order valence-corrected chi connectivity index (χ1v) is 12.8. The van der Waals surface area contributed by atoms with Gasteiger partial charge in [-0.25, -0.2) is 4.79 Å². The molecule has 2 amide bonds. The number of methoxy groups -OCH3 is 1. The lowest BCUT2D eigenvalue weighted by molar-refractivity contribution is -0.147. The van der Waals surface area contributed by atoms with Crippen LogP contribution in [0.5, 0.6) is 0 Å². The van der Waals surface area contributed by atoms with Gasteiger partial charge in [0.15, 0.2) is 0 Å². The van der Waals surface area contributed by atoms with E-state index in [0.29, 0.717) is 23.4 Å². The molecule has 192 valence electrons. The zero-order valence-electron chi connectivity index (χ0n) is 21.9. The molecular formula is C31H34N2O4. The van der Waals surface area contributed by atoms with Crippen molar-refractivity contribution in [3.63, 3.8) is 0 Å². The number of nitrogens with one attached hydrogen (secondary N) is 1. The number of benzene rings is 3. The summed E-state index contributed by atoms with van der Waals surface area (Å²) in [7, 11) is 1.35. The molecule has 1 aliphatic heterocycles. The zero-order chi connectivity index (χ0) is 26.5. The van der Waals surface area contributed by atoms with Gasteiger partial charge in [0, 0.05) is 23.4 Å². The average Bonchev–Trinajstić information content (AvgIpc) is 3.23. The fraction of sp³-hybridized carbons (Fsp3) is 0.323. The van der Waals surface area contributed by atoms with E-state index in [1.807, 2.05) is 80.6 Å². The van der Waals surface area contributed by atoms with Gasteiger partial charge in [0.1, 0.15) is 6.04 Å². The summed E-state index contributed by atoms with van der Waals surface area (Å²) in [4.78, 5) is 39.8. The Morgan fingerprint density at radius 1 is 0.973 bits per heavy atom. The summed E-state index contributed by atoms with van der Waals surface area (Å²) in [6, 6.07) is 20.5. The highest BCUT2D eigenvalue weighted by Crippen LogP contribution is 2.32. The summed E-state index contributed by atoms with van der Waals surface area (Å²) in [6.45, 7) is 6.37. The van der Waals surface area contributed by atoms with Crippen LogP contribution in [0.25, 0.3) is 11.1 Å². The molecule has 1 heterocycles. The van der Waals surface area contributed by atoms with Crippen LogP contribution in [-0.2, 0) is 22.5 Å². The van der Waals surface area contributed by atoms with Gasteiger partial charge in [0.2, 0.25) is 0 Å². The quantitative estimate of drug-likeness (QED) is 0.362. The van der Waals surface area contributed by atoms with Gasteiger partial charge in [0.05, 0.1) is 7.11 Å². The van der Waals surface area contributed by atoms with Gasteiger partial charge < -0.3 is 15.0 Å². The summed E-state index contributed by atoms with van der Waals surface area (Å²) in [6.07, 6.45) is 3.31. The Bertz CT molecular complexity index is 1280. The predicted molar refractivity (Wildman–Crippen MR) is 145 cm³/mol. The minimum Gasteiger partial charge on any atom is -0.467 e. The first-order valence-electron chi connectivity index (χ1n) is 12.8. The van der Waals surface area contributed by atoms with E-state index in [1.54, 1.807) is 4.90 Å². The van der Waals surface area contributed by atoms with Crippen LogP contribution in [0.1, 0.15) is 65.5 Å². The summed E-state index contributed by atoms with van der Waals surface area (Å²) >= 11 is 0. The molecular weight excluding hydrogens is 464 g/mol. The SMILES string of the molecule is CCCCc1ccc(C(=O)Nc2ccc(-c3ccc4c(c3)C(=O)N([C@H](C(=O)OC)C(C)C)C4)cc2)cc1. The minimum atomic E-state index is -0.621. The highest BCUT2D eigenvalue weighted by molar-refractivity contribution is 6.04. The number of hydrogen-bond acceptors (Lipinski definition) is 4. The first kappa shape index (κ1) is 26.1. The molecule has 3 aromatic carbocycles. The van der Waals surface area contributed by atoms with E-state index >= 15 is 0 Å². The molecule has 0 fully saturated rings. The van der Waals surface area contributed by atoms with Crippen molar-refractivity contribution >= 4 is 23.5 Å². The van der Waals surface area contributed by atoms with Crippen molar-refractivity contribution in [1.29, 1.82) is 0 Å². The maximum absolute atomic E-state index is 13.2. The number of unbranched alkanes of at least 4 members (excludes halogenated alkanes) is 1. The second-order valence-electron chi connectivity index (χ2n) is 9.85. The van der Waals surface area contributed by atoms with Crippen LogP contribution < -0.4 is 5.32 Å². The number of rotatable bonds is 9. The van der Waals surface area contributed by atoms with Crippen LogP contribution in [0.3, 0.4) is 0 Å². The number of hydrogen-bond donors (Lipinski definition) is 1. The Morgan fingerprint density at radius 2 is 1.65 bits per heavy atom. The molecule has 0 spiro atoms. The smallest absolute Gasteiger partial charge is 0.328 e. The van der Waals surface area contributed by atoms with Crippen LogP contribution in [0.15, 0.2) is 66.7 Å². The van der Waals surface area contributed by atoms with Gasteiger partial charge in [-0.15, -0.1) is 0 Å². The van der Waals surface area contributed by atoms with E-state index in [0.717, 1.165) is 36.0 Å². The number of nitrogens with zero attached hydrogens (tertiary/aromatic N) is 1. The van der Waals surface area contributed by atoms with Crippen molar-refractivity contribution in [3.8, 4) is 11.1 Å². The number of aryl methyl sites for hydroxylation is 1. The van der Waals surface area contributed by atoms with E-state index in [4.69, 9.17) is 4.74 Å². The standard InChI is InChI=1S/C31H34N2O4/c1-5-6-7-21-8-10-23(11-9-21)29(34)32-26-16-14-22(15-17-26)24-12-13-25-19-33(30(35)27(25)18-24)28(20(2)3)31(36)37-4/h8-18,20,28H,5-7,19H2,1-4H3,(H,32,34)/t28-/m0/s1. The van der Waals surface area contributed by atoms with E-state index in [1.165, 1.54) is 12.7 Å². The third kappa shape index (κ3) is 5.74. The topological polar surface area (TPSA) is 75.7 Å². The number of amides is 2. The average molecular weight is 499 g/mol. The van der Waals surface area contributed by atoms with Crippen LogP contribution in [0, 0.1) is 5.92 Å². The summed E-state index contributed by atoms with van der Waals surface area (Å²) in [5.74, 6) is -0.776. The number of carbonyl (C=O) groups is 3. The number of fused-ring (bicyclic) bond motifs is 1. The van der Waals surface area contributed by atoms with E-state index in [9.17, 15) is 14.4 Å². The molecule has 0 radical (unpaired) electrons. The maximum atomic E-state index is 13.2. The van der Waals surface area contributed by atoms with Crippen molar-refractivity contribution in [3.05, 3.63) is 89.0 Å². The fourth-order valence-electron chi connectivity index (χ4n) is 4.76. The molecule has 0 aromatic heterocycles. The Hall–Kier alpha value is -3.93. The molecule has 1 atom stereocenters. The highest BCUT2D eigenvalue weighted by Gasteiger charge is 2.38. The molecule has 4 rings (SSSR count). The van der Waals surface area contributed by atoms with Gasteiger partial charge in [-0.2, -0.15) is 0 Å². The second-order valence-corrected chi connectivity index (χ2v) is 9.85. The molecule has 1 N–H and O–H groups in total. The lowest BCUT2D eigenvalue weighted by atomic mass is 10.00. The Morgan fingerprint density at radius 3 is 2.27 bits per heavy atom. The molecule has 6 heteroatoms. The number of ether oxygens (including phenoxy) is 1. The molecule has 6 nitrogen and oxygen atoms in total. The third-order valence-electron chi connectivity index (χ3n) is 6.86. The molecule has 37 heavy (non-hydrogen) atoms. The van der Waals surface area contributed by atoms with Gasteiger partial charge in [-0.1, -0.05) is 63.6 Å². The highest BCUT2D eigenvalue weighted by atomic mass is 16.5. The molecule has 0 saturated carbocycles. The Kier molecular flexibility index (Phi) is 8.07. The van der Waals surface area contributed by atoms with Crippen molar-refractivity contribution in [1.82, 2.24) is 4.90 Å². The van der Waals surface area contributed by atoms with Crippen LogP contribution in [-0.4, -0.2) is 35.8 Å². The van der Waals surface area contributed by atoms with Crippen LogP contribution in [0.2, 0.25) is 0 Å². The second kappa shape index (κ2) is 11.4. The first-order chi connectivity index (χ1) is 17.8. The lowest BCUT2D eigenvalue weighted by Crippen LogP contribution is -2.45. The summed E-state index contributed by atoms with van der Waals surface area (Å²) < 4.78 is 4.95. The van der Waals surface area contributed by atoms with E-state index in [-0.39, 0.29) is 17.7 Å². The third-order valence-corrected chi connectivity index (χ3v) is 6.86. The summed E-state index contributed by atoms with van der Waals surface area (Å²) in [5.41, 5.74) is 5.89. The molecule has 0 unspecified atom stereocenters. The largest absolute Gasteiger partial charge is 0.467 e. The fourth-order valence-corrected chi connectivity index (χ4v) is 4.76. The van der Waals surface area contributed by atoms with Gasteiger partial charge in [-0.3, -0.25) is 9.59 Å². The minimum absolute atomic E-state index is 0.0630. The molecule has 3 aromatic rings. The van der Waals surface area contributed by atoms with Crippen molar-refractivity contribution in [2.45, 2.75) is 52.6 Å². The van der Waals surface area contributed by atoms with Crippen LogP contribution in [0.4, 0.5) is 5.69 Å². The molecule has 0 bridgehead atoms. The number of anilines is 1. The molecule has 1 aliphatic rings. The van der Waals surface area contributed by atoms with Crippen molar-refractivity contribution in [2.24, 2.45) is 5.92 Å². The van der Waals surface area contributed by atoms with Gasteiger partial charge in [-0.05, 0) is 71.3 Å². The number of carbonyl (C=O) groups excluding carboxylic acids is 3. The van der Waals surface area contributed by atoms with Crippen molar-refractivity contribution in [2.75, 3.05) is 12.4 Å². The lowest BCUT2D eigenvalue weighted by Gasteiger charge is -2.28. The van der Waals surface area contributed by atoms with Gasteiger partial charge >= 0.3 is 5.97 Å². The summed E-state index contributed by atoms with van der Waals surface area (Å²) in [5, 5.41) is 2.95. The van der Waals surface area contributed by atoms with Crippen LogP contribution >= 0.6 is 0 Å². The Balaban J connectivity index is 1.45. The normalized spacial score (nSPS) is 13.4. The van der Waals surface area contributed by atoms with Gasteiger partial charge in [0.25, 0.3) is 11.8 Å². The molecule has 0 saturated heterocycles. The monoisotopic (exact) mass is 498 g/mol. The predicted octanol–water partition coefficient (Wildman–Crippen LogP) is 6.10. The van der Waals surface area contributed by atoms with Crippen molar-refractivity contribution < 1.29 is 19.1 Å².